The van der Waals surface area contributed by atoms with Gasteiger partial charge in [-0.1, -0.05) is 12.1 Å². The van der Waals surface area contributed by atoms with Crippen LogP contribution < -0.4 is 5.32 Å². The number of nitrogens with zero attached hydrogens (tertiary/aromatic N) is 2. The standard InChI is InChI=1S/C21H26N4O4/c1-13-18(21(27)29-12-11-28-4)14(2)23-19(13)20(26)22-9-10-25-15(3)24-16-7-5-6-8-17(16)25/h5-8,23H,9-12H2,1-4H3,(H,22,26). The Labute approximate surface area is 169 Å². The molecule has 2 aromatic heterocycles. The minimum Gasteiger partial charge on any atom is -0.460 e. The van der Waals surface area contributed by atoms with Gasteiger partial charge in [0.25, 0.3) is 5.91 Å². The van der Waals surface area contributed by atoms with Crippen LogP contribution in [0.5, 0.6) is 0 Å². The number of methoxy groups -OCH3 is 1. The molecule has 0 aliphatic heterocycles. The molecule has 0 atom stereocenters. The van der Waals surface area contributed by atoms with Crippen molar-refractivity contribution in [2.75, 3.05) is 26.9 Å². The van der Waals surface area contributed by atoms with Gasteiger partial charge in [0, 0.05) is 25.9 Å². The third kappa shape index (κ3) is 4.32. The van der Waals surface area contributed by atoms with E-state index in [0.29, 0.717) is 42.2 Å². The lowest BCUT2D eigenvalue weighted by Gasteiger charge is -2.09. The smallest absolute Gasteiger partial charge is 0.340 e. The molecule has 0 spiro atoms. The van der Waals surface area contributed by atoms with E-state index in [0.717, 1.165) is 16.9 Å². The molecule has 2 N–H and O–H groups in total. The number of hydrogen-bond acceptors (Lipinski definition) is 5. The Kier molecular flexibility index (Phi) is 6.33. The molecule has 29 heavy (non-hydrogen) atoms. The Hall–Kier alpha value is -3.13. The number of benzene rings is 1. The molecule has 1 amide bonds. The van der Waals surface area contributed by atoms with Crippen molar-refractivity contribution in [3.63, 3.8) is 0 Å². The molecule has 8 nitrogen and oxygen atoms in total. The number of imidazole rings is 1. The minimum atomic E-state index is -0.465. The summed E-state index contributed by atoms with van der Waals surface area (Å²) < 4.78 is 12.1. The number of esters is 1. The largest absolute Gasteiger partial charge is 0.460 e. The highest BCUT2D eigenvalue weighted by Crippen LogP contribution is 2.19. The summed E-state index contributed by atoms with van der Waals surface area (Å²) in [5.41, 5.74) is 3.91. The Bertz CT molecular complexity index is 1030. The van der Waals surface area contributed by atoms with Crippen molar-refractivity contribution < 1.29 is 19.1 Å². The highest BCUT2D eigenvalue weighted by molar-refractivity contribution is 6.00. The molecule has 3 aromatic rings. The normalized spacial score (nSPS) is 11.0. The second kappa shape index (κ2) is 8.91. The van der Waals surface area contributed by atoms with Gasteiger partial charge in [0.05, 0.1) is 23.2 Å². The molecule has 0 saturated carbocycles. The van der Waals surface area contributed by atoms with Crippen LogP contribution in [0.1, 0.15) is 37.9 Å². The van der Waals surface area contributed by atoms with Gasteiger partial charge in [-0.15, -0.1) is 0 Å². The van der Waals surface area contributed by atoms with E-state index in [2.05, 4.69) is 19.9 Å². The van der Waals surface area contributed by atoms with Crippen molar-refractivity contribution in [1.82, 2.24) is 19.9 Å². The summed E-state index contributed by atoms with van der Waals surface area (Å²) in [6, 6.07) is 7.90. The third-order valence-electron chi connectivity index (χ3n) is 4.86. The van der Waals surface area contributed by atoms with Crippen molar-refractivity contribution in [2.24, 2.45) is 0 Å². The van der Waals surface area contributed by atoms with Gasteiger partial charge in [0.2, 0.25) is 0 Å². The lowest BCUT2D eigenvalue weighted by Crippen LogP contribution is -2.28. The summed E-state index contributed by atoms with van der Waals surface area (Å²) in [6.07, 6.45) is 0. The highest BCUT2D eigenvalue weighted by Gasteiger charge is 2.23. The number of aromatic nitrogens is 3. The zero-order chi connectivity index (χ0) is 21.0. The first-order valence-electron chi connectivity index (χ1n) is 9.49. The number of rotatable bonds is 8. The van der Waals surface area contributed by atoms with E-state index in [-0.39, 0.29) is 12.5 Å². The molecule has 0 fully saturated rings. The number of carbonyl (C=O) groups is 2. The lowest BCUT2D eigenvalue weighted by molar-refractivity contribution is 0.0387. The first-order valence-corrected chi connectivity index (χ1v) is 9.49. The number of ether oxygens (including phenoxy) is 2. The zero-order valence-corrected chi connectivity index (χ0v) is 17.2. The van der Waals surface area contributed by atoms with E-state index in [1.54, 1.807) is 13.8 Å². The molecule has 0 bridgehead atoms. The van der Waals surface area contributed by atoms with Crippen LogP contribution in [0.15, 0.2) is 24.3 Å². The number of aromatic amines is 1. The Morgan fingerprint density at radius 2 is 1.93 bits per heavy atom. The monoisotopic (exact) mass is 398 g/mol. The molecule has 154 valence electrons. The van der Waals surface area contributed by atoms with Gasteiger partial charge >= 0.3 is 5.97 Å². The number of H-pyrrole nitrogens is 1. The summed E-state index contributed by atoms with van der Waals surface area (Å²) >= 11 is 0. The van der Waals surface area contributed by atoms with Crippen molar-refractivity contribution in [3.8, 4) is 0 Å². The first-order chi connectivity index (χ1) is 13.9. The van der Waals surface area contributed by atoms with Crippen molar-refractivity contribution >= 4 is 22.9 Å². The zero-order valence-electron chi connectivity index (χ0n) is 17.2. The van der Waals surface area contributed by atoms with Gasteiger partial charge in [-0.3, -0.25) is 4.79 Å². The molecule has 2 heterocycles. The predicted molar refractivity (Wildman–Crippen MR) is 109 cm³/mol. The van der Waals surface area contributed by atoms with Crippen LogP contribution in [0.3, 0.4) is 0 Å². The fourth-order valence-corrected chi connectivity index (χ4v) is 3.42. The fraction of sp³-hybridized carbons (Fsp3) is 0.381. The molecule has 0 unspecified atom stereocenters. The van der Waals surface area contributed by atoms with E-state index >= 15 is 0 Å². The summed E-state index contributed by atoms with van der Waals surface area (Å²) in [7, 11) is 1.54. The minimum absolute atomic E-state index is 0.166. The summed E-state index contributed by atoms with van der Waals surface area (Å²) in [5.74, 6) is 0.171. The van der Waals surface area contributed by atoms with Gasteiger partial charge in [0.15, 0.2) is 0 Å². The molecule has 0 aliphatic rings. The van der Waals surface area contributed by atoms with Crippen LogP contribution >= 0.6 is 0 Å². The van der Waals surface area contributed by atoms with E-state index in [9.17, 15) is 9.59 Å². The lowest BCUT2D eigenvalue weighted by atomic mass is 10.1. The molecular formula is C21H26N4O4. The number of fused-ring (bicyclic) bond motifs is 1. The SMILES string of the molecule is COCCOC(=O)c1c(C)[nH]c(C(=O)NCCn2c(C)nc3ccccc32)c1C. The number of nitrogens with one attached hydrogen (secondary N) is 2. The Balaban J connectivity index is 1.66. The maximum absolute atomic E-state index is 12.7. The maximum Gasteiger partial charge on any atom is 0.340 e. The van der Waals surface area contributed by atoms with Crippen LogP contribution in [-0.2, 0) is 16.0 Å². The second-order valence-corrected chi connectivity index (χ2v) is 6.81. The molecule has 1 aromatic carbocycles. The molecule has 0 saturated heterocycles. The number of aryl methyl sites for hydroxylation is 2. The van der Waals surface area contributed by atoms with Crippen LogP contribution in [0, 0.1) is 20.8 Å². The van der Waals surface area contributed by atoms with Gasteiger partial charge in [-0.05, 0) is 38.5 Å². The third-order valence-corrected chi connectivity index (χ3v) is 4.86. The first kappa shape index (κ1) is 20.6. The van der Waals surface area contributed by atoms with Crippen LogP contribution in [0.25, 0.3) is 11.0 Å². The molecule has 0 radical (unpaired) electrons. The number of carbonyl (C=O) groups excluding carboxylic acids is 2. The van der Waals surface area contributed by atoms with E-state index in [1.165, 1.54) is 7.11 Å². The molecule has 0 aliphatic carbocycles. The summed E-state index contributed by atoms with van der Waals surface area (Å²) in [4.78, 5) is 32.5. The topological polar surface area (TPSA) is 98.2 Å². The van der Waals surface area contributed by atoms with Crippen LogP contribution in [0.2, 0.25) is 0 Å². The average molecular weight is 398 g/mol. The summed E-state index contributed by atoms with van der Waals surface area (Å²) in [5, 5.41) is 2.91. The number of para-hydroxylation sites is 2. The van der Waals surface area contributed by atoms with Crippen LogP contribution in [0.4, 0.5) is 0 Å². The number of amides is 1. The maximum atomic E-state index is 12.7. The Morgan fingerprint density at radius 3 is 2.69 bits per heavy atom. The van der Waals surface area contributed by atoms with Crippen molar-refractivity contribution in [2.45, 2.75) is 27.3 Å². The molecule has 3 rings (SSSR count). The predicted octanol–water partition coefficient (Wildman–Crippen LogP) is 2.52. The van der Waals surface area contributed by atoms with E-state index in [4.69, 9.17) is 9.47 Å². The average Bonchev–Trinajstić information content (AvgIpc) is 3.17. The van der Waals surface area contributed by atoms with Crippen molar-refractivity contribution in [1.29, 1.82) is 0 Å². The van der Waals surface area contributed by atoms with E-state index < -0.39 is 5.97 Å². The van der Waals surface area contributed by atoms with Crippen molar-refractivity contribution in [3.05, 3.63) is 52.6 Å². The van der Waals surface area contributed by atoms with Crippen LogP contribution in [-0.4, -0.2) is 53.3 Å². The molecule has 8 heteroatoms. The van der Waals surface area contributed by atoms with Gasteiger partial charge in [-0.25, -0.2) is 9.78 Å². The Morgan fingerprint density at radius 1 is 1.17 bits per heavy atom. The second-order valence-electron chi connectivity index (χ2n) is 6.81. The van der Waals surface area contributed by atoms with Gasteiger partial charge < -0.3 is 24.3 Å². The summed E-state index contributed by atoms with van der Waals surface area (Å²) in [6.45, 7) is 6.95. The van der Waals surface area contributed by atoms with E-state index in [1.807, 2.05) is 31.2 Å². The number of hydrogen-bond donors (Lipinski definition) is 2. The fourth-order valence-electron chi connectivity index (χ4n) is 3.42. The van der Waals surface area contributed by atoms with Gasteiger partial charge in [0.1, 0.15) is 18.1 Å². The van der Waals surface area contributed by atoms with Gasteiger partial charge in [-0.2, -0.15) is 0 Å². The highest BCUT2D eigenvalue weighted by atomic mass is 16.6. The molecular weight excluding hydrogens is 372 g/mol. The quantitative estimate of drug-likeness (QED) is 0.449.